The van der Waals surface area contributed by atoms with Crippen LogP contribution in [0.25, 0.3) is 0 Å². The molecule has 0 aliphatic heterocycles. The lowest BCUT2D eigenvalue weighted by Crippen LogP contribution is -2.45. The second-order valence-electron chi connectivity index (χ2n) is 10.4. The van der Waals surface area contributed by atoms with Gasteiger partial charge in [-0.1, -0.05) is 39.0 Å². The van der Waals surface area contributed by atoms with Gasteiger partial charge in [0, 0.05) is 11.1 Å². The fourth-order valence-corrected chi connectivity index (χ4v) is 5.04. The molecule has 0 aliphatic rings. The molecule has 6 heteroatoms. The molecule has 2 rings (SSSR count). The van der Waals surface area contributed by atoms with Crippen LogP contribution in [0.4, 0.5) is 5.69 Å². The fraction of sp³-hybridized carbons (Fsp3) is 0.480. The van der Waals surface area contributed by atoms with Crippen molar-refractivity contribution in [3.63, 3.8) is 0 Å². The summed E-state index contributed by atoms with van der Waals surface area (Å²) in [6.07, 6.45) is 2.06. The lowest BCUT2D eigenvalue weighted by molar-refractivity contribution is 0.0891. The zero-order valence-electron chi connectivity index (χ0n) is 20.0. The molecule has 170 valence electrons. The second kappa shape index (κ2) is 9.03. The van der Waals surface area contributed by atoms with E-state index >= 15 is 0 Å². The van der Waals surface area contributed by atoms with Crippen molar-refractivity contribution >= 4 is 21.6 Å². The molecule has 5 nitrogen and oxygen atoms in total. The number of hydrogen-bond donors (Lipinski definition) is 1. The Morgan fingerprint density at radius 1 is 0.935 bits per heavy atom. The van der Waals surface area contributed by atoms with Crippen LogP contribution in [0, 0.1) is 19.3 Å². The van der Waals surface area contributed by atoms with E-state index in [-0.39, 0.29) is 23.4 Å². The smallest absolute Gasteiger partial charge is 0.251 e. The van der Waals surface area contributed by atoms with Crippen LogP contribution in [0.5, 0.6) is 0 Å². The predicted molar refractivity (Wildman–Crippen MR) is 129 cm³/mol. The van der Waals surface area contributed by atoms with Crippen molar-refractivity contribution in [2.24, 2.45) is 5.41 Å². The summed E-state index contributed by atoms with van der Waals surface area (Å²) < 4.78 is 26.3. The van der Waals surface area contributed by atoms with E-state index in [4.69, 9.17) is 0 Å². The highest BCUT2D eigenvalue weighted by Gasteiger charge is 2.27. The summed E-state index contributed by atoms with van der Waals surface area (Å²) in [6, 6.07) is 12.9. The molecule has 0 saturated heterocycles. The SMILES string of the molecule is Cc1cc(C)cc(N(Cc2ccc(C(=O)NC(C)(C)CC(C)(C)C)cc2)S(C)(=O)=O)c1. The number of benzene rings is 2. The maximum atomic E-state index is 12.7. The highest BCUT2D eigenvalue weighted by atomic mass is 32.2. The zero-order valence-corrected chi connectivity index (χ0v) is 20.9. The first-order valence-corrected chi connectivity index (χ1v) is 12.4. The monoisotopic (exact) mass is 444 g/mol. The van der Waals surface area contributed by atoms with Crippen LogP contribution in [0.1, 0.15) is 68.1 Å². The molecule has 0 atom stereocenters. The molecule has 0 spiro atoms. The summed E-state index contributed by atoms with van der Waals surface area (Å²) in [5.74, 6) is -0.130. The van der Waals surface area contributed by atoms with E-state index in [2.05, 4.69) is 26.1 Å². The first kappa shape index (κ1) is 24.9. The van der Waals surface area contributed by atoms with Gasteiger partial charge in [0.1, 0.15) is 0 Å². The van der Waals surface area contributed by atoms with Gasteiger partial charge in [0.2, 0.25) is 10.0 Å². The van der Waals surface area contributed by atoms with Gasteiger partial charge in [0.15, 0.2) is 0 Å². The predicted octanol–water partition coefficient (Wildman–Crippen LogP) is 5.21. The van der Waals surface area contributed by atoms with Crippen LogP contribution >= 0.6 is 0 Å². The lowest BCUT2D eigenvalue weighted by atomic mass is 9.81. The number of aryl methyl sites for hydroxylation is 2. The van der Waals surface area contributed by atoms with E-state index in [0.29, 0.717) is 11.3 Å². The van der Waals surface area contributed by atoms with Crippen molar-refractivity contribution in [2.75, 3.05) is 10.6 Å². The topological polar surface area (TPSA) is 66.5 Å². The number of nitrogens with zero attached hydrogens (tertiary/aromatic N) is 1. The lowest BCUT2D eigenvalue weighted by Gasteiger charge is -2.33. The normalized spacial score (nSPS) is 12.5. The largest absolute Gasteiger partial charge is 0.347 e. The maximum absolute atomic E-state index is 12.7. The molecular weight excluding hydrogens is 408 g/mol. The molecule has 2 aromatic rings. The van der Waals surface area contributed by atoms with Gasteiger partial charge in [0.25, 0.3) is 5.91 Å². The molecule has 0 fully saturated rings. The summed E-state index contributed by atoms with van der Waals surface area (Å²) >= 11 is 0. The molecule has 0 saturated carbocycles. The summed E-state index contributed by atoms with van der Waals surface area (Å²) in [5, 5.41) is 3.11. The van der Waals surface area contributed by atoms with Gasteiger partial charge in [-0.05, 0) is 80.5 Å². The average Bonchev–Trinajstić information content (AvgIpc) is 2.55. The molecule has 0 heterocycles. The summed E-state index contributed by atoms with van der Waals surface area (Å²) in [4.78, 5) is 12.7. The highest BCUT2D eigenvalue weighted by Crippen LogP contribution is 2.27. The van der Waals surface area contributed by atoms with E-state index in [1.54, 1.807) is 12.1 Å². The van der Waals surface area contributed by atoms with Gasteiger partial charge in [0.05, 0.1) is 18.5 Å². The average molecular weight is 445 g/mol. The Bertz CT molecular complexity index is 1010. The Morgan fingerprint density at radius 3 is 1.90 bits per heavy atom. The van der Waals surface area contributed by atoms with Crippen LogP contribution < -0.4 is 9.62 Å². The minimum atomic E-state index is -3.46. The van der Waals surface area contributed by atoms with Crippen molar-refractivity contribution < 1.29 is 13.2 Å². The van der Waals surface area contributed by atoms with Crippen LogP contribution in [-0.2, 0) is 16.6 Å². The van der Waals surface area contributed by atoms with Crippen molar-refractivity contribution in [1.29, 1.82) is 0 Å². The number of hydrogen-bond acceptors (Lipinski definition) is 3. The number of carbonyl (C=O) groups excluding carboxylic acids is 1. The van der Waals surface area contributed by atoms with Crippen molar-refractivity contribution in [3.05, 3.63) is 64.7 Å². The maximum Gasteiger partial charge on any atom is 0.251 e. The van der Waals surface area contributed by atoms with Gasteiger partial charge in [-0.25, -0.2) is 8.42 Å². The molecule has 1 amide bonds. The fourth-order valence-electron chi connectivity index (χ4n) is 4.17. The molecule has 0 radical (unpaired) electrons. The first-order valence-electron chi connectivity index (χ1n) is 10.5. The molecule has 0 unspecified atom stereocenters. The minimum absolute atomic E-state index is 0.101. The standard InChI is InChI=1S/C25H36N2O3S/c1-18-13-19(2)15-22(14-18)27(31(8,29)30)16-20-9-11-21(12-10-20)23(28)26-25(6,7)17-24(3,4)5/h9-15H,16-17H2,1-8H3,(H,26,28). The molecule has 0 aliphatic carbocycles. The summed E-state index contributed by atoms with van der Waals surface area (Å²) in [6.45, 7) is 14.6. The Hall–Kier alpha value is -2.34. The van der Waals surface area contributed by atoms with Crippen LogP contribution in [0.15, 0.2) is 42.5 Å². The molecule has 0 aromatic heterocycles. The highest BCUT2D eigenvalue weighted by molar-refractivity contribution is 7.92. The van der Waals surface area contributed by atoms with Gasteiger partial charge in [-0.3, -0.25) is 9.10 Å². The van der Waals surface area contributed by atoms with E-state index < -0.39 is 10.0 Å². The van der Waals surface area contributed by atoms with Crippen molar-refractivity contribution in [1.82, 2.24) is 5.32 Å². The van der Waals surface area contributed by atoms with Crippen molar-refractivity contribution in [2.45, 2.75) is 67.0 Å². The van der Waals surface area contributed by atoms with Gasteiger partial charge < -0.3 is 5.32 Å². The Morgan fingerprint density at radius 2 is 1.45 bits per heavy atom. The minimum Gasteiger partial charge on any atom is -0.347 e. The van der Waals surface area contributed by atoms with E-state index in [1.807, 2.05) is 58.0 Å². The molecular formula is C25H36N2O3S. The second-order valence-corrected chi connectivity index (χ2v) is 12.3. The van der Waals surface area contributed by atoms with Crippen LogP contribution in [0.3, 0.4) is 0 Å². The van der Waals surface area contributed by atoms with E-state index in [0.717, 1.165) is 23.1 Å². The third-order valence-corrected chi connectivity index (χ3v) is 6.00. The summed E-state index contributed by atoms with van der Waals surface area (Å²) in [5.41, 5.74) is 3.81. The third kappa shape index (κ3) is 7.69. The quantitative estimate of drug-likeness (QED) is 0.637. The molecule has 2 aromatic carbocycles. The zero-order chi connectivity index (χ0) is 23.6. The van der Waals surface area contributed by atoms with Gasteiger partial charge in [-0.2, -0.15) is 0 Å². The molecule has 1 N–H and O–H groups in total. The number of sulfonamides is 1. The van der Waals surface area contributed by atoms with Crippen molar-refractivity contribution in [3.8, 4) is 0 Å². The molecule has 0 bridgehead atoms. The number of carbonyl (C=O) groups is 1. The molecule has 31 heavy (non-hydrogen) atoms. The van der Waals surface area contributed by atoms with Gasteiger partial charge in [-0.15, -0.1) is 0 Å². The number of anilines is 1. The van der Waals surface area contributed by atoms with E-state index in [1.165, 1.54) is 10.6 Å². The van der Waals surface area contributed by atoms with Crippen LogP contribution in [0.2, 0.25) is 0 Å². The van der Waals surface area contributed by atoms with Gasteiger partial charge >= 0.3 is 0 Å². The van der Waals surface area contributed by atoms with Crippen LogP contribution in [-0.4, -0.2) is 26.1 Å². The third-order valence-electron chi connectivity index (χ3n) is 4.86. The Balaban J connectivity index is 2.20. The van der Waals surface area contributed by atoms with E-state index in [9.17, 15) is 13.2 Å². The summed E-state index contributed by atoms with van der Waals surface area (Å²) in [7, 11) is -3.46. The number of rotatable bonds is 7. The number of nitrogens with one attached hydrogen (secondary N) is 1. The Kier molecular flexibility index (Phi) is 7.26. The Labute approximate surface area is 187 Å². The number of amides is 1. The first-order chi connectivity index (χ1) is 14.1.